The summed E-state index contributed by atoms with van der Waals surface area (Å²) >= 11 is 36.6. The first-order valence-electron chi connectivity index (χ1n) is 18.0. The van der Waals surface area contributed by atoms with Crippen molar-refractivity contribution in [1.29, 1.82) is 0 Å². The number of ketones is 2. The molecule has 5 aromatic carbocycles. The number of amides is 4. The van der Waals surface area contributed by atoms with Crippen LogP contribution < -0.4 is 21.3 Å². The van der Waals surface area contributed by atoms with Crippen molar-refractivity contribution in [2.24, 2.45) is 20.5 Å². The van der Waals surface area contributed by atoms with Crippen LogP contribution in [0.1, 0.15) is 45.7 Å². The Hall–Kier alpha value is -5.74. The van der Waals surface area contributed by atoms with Gasteiger partial charge in [-0.05, 0) is 124 Å². The number of hydrogen-bond acceptors (Lipinski definition) is 10. The second-order valence-corrected chi connectivity index (χ2v) is 15.9. The van der Waals surface area contributed by atoms with E-state index in [0.29, 0.717) is 38.2 Å². The van der Waals surface area contributed by atoms with Gasteiger partial charge in [0.1, 0.15) is 11.4 Å². The molecule has 4 amide bonds. The number of halogens is 6. The molecular weight excluding hydrogens is 925 g/mol. The summed E-state index contributed by atoms with van der Waals surface area (Å²) in [6.45, 7) is 5.61. The van der Waals surface area contributed by atoms with Gasteiger partial charge in [-0.1, -0.05) is 69.6 Å². The Morgan fingerprint density at radius 2 is 0.839 bits per heavy atom. The van der Waals surface area contributed by atoms with Crippen LogP contribution in [-0.4, -0.2) is 47.3 Å². The van der Waals surface area contributed by atoms with Crippen LogP contribution in [0.3, 0.4) is 0 Å². The van der Waals surface area contributed by atoms with Crippen LogP contribution in [0, 0.1) is 13.8 Å². The Bertz CT molecular complexity index is 2690. The van der Waals surface area contributed by atoms with Crippen LogP contribution >= 0.6 is 69.6 Å². The standard InChI is InChI=1S/C42H32Cl6N8O6/c1-19-13-27(51-41(61)37(21(3)57)55-53-34-15-23(5-9-30(34)45)39(59)49-25-7-11-28(43)32(47)17-25)14-20(2)36(19)52-42(62)38(22(4)58)56-54-35-16-24(6-10-31(35)46)40(60)50-26-8-12-29(44)33(48)18-26/h5-18,37-38H,1-4H3,(H,49,59)(H,50,60)(H,51,61)(H,52,62). The second kappa shape index (κ2) is 20.9. The predicted octanol–water partition coefficient (Wildman–Crippen LogP) is 12.1. The minimum absolute atomic E-state index is 0.0167. The van der Waals surface area contributed by atoms with Crippen LogP contribution in [0.15, 0.2) is 105 Å². The number of nitrogens with zero attached hydrogens (tertiary/aromatic N) is 4. The minimum Gasteiger partial charge on any atom is -0.324 e. The van der Waals surface area contributed by atoms with Crippen molar-refractivity contribution in [1.82, 2.24) is 0 Å². The van der Waals surface area contributed by atoms with Crippen molar-refractivity contribution in [2.45, 2.75) is 39.8 Å². The third kappa shape index (κ3) is 12.2. The Morgan fingerprint density at radius 1 is 0.452 bits per heavy atom. The highest BCUT2D eigenvalue weighted by Crippen LogP contribution is 2.32. The first-order valence-corrected chi connectivity index (χ1v) is 20.3. The molecule has 318 valence electrons. The molecular formula is C42H32Cl6N8O6. The van der Waals surface area contributed by atoms with E-state index in [1.54, 1.807) is 26.0 Å². The summed E-state index contributed by atoms with van der Waals surface area (Å²) in [5.74, 6) is -3.98. The highest BCUT2D eigenvalue weighted by atomic mass is 35.5. The van der Waals surface area contributed by atoms with E-state index in [4.69, 9.17) is 69.6 Å². The quantitative estimate of drug-likeness (QED) is 0.0630. The second-order valence-electron chi connectivity index (χ2n) is 13.4. The monoisotopic (exact) mass is 954 g/mol. The predicted molar refractivity (Wildman–Crippen MR) is 243 cm³/mol. The summed E-state index contributed by atoms with van der Waals surface area (Å²) in [5, 5.41) is 27.9. The first-order chi connectivity index (χ1) is 29.3. The number of azo groups is 2. The maximum atomic E-state index is 13.4. The molecule has 2 atom stereocenters. The lowest BCUT2D eigenvalue weighted by atomic mass is 10.1. The van der Waals surface area contributed by atoms with Crippen LogP contribution in [0.2, 0.25) is 30.1 Å². The number of carbonyl (C=O) groups is 6. The molecule has 0 spiro atoms. The van der Waals surface area contributed by atoms with E-state index in [0.717, 1.165) is 13.8 Å². The van der Waals surface area contributed by atoms with Gasteiger partial charge in [0.05, 0.1) is 30.1 Å². The number of hydrogen-bond donors (Lipinski definition) is 4. The van der Waals surface area contributed by atoms with E-state index in [9.17, 15) is 28.8 Å². The molecule has 0 radical (unpaired) electrons. The molecule has 62 heavy (non-hydrogen) atoms. The Kier molecular flexibility index (Phi) is 15.9. The van der Waals surface area contributed by atoms with E-state index >= 15 is 0 Å². The fourth-order valence-corrected chi connectivity index (χ4v) is 6.43. The van der Waals surface area contributed by atoms with Gasteiger partial charge in [0.2, 0.25) is 12.1 Å². The van der Waals surface area contributed by atoms with E-state index in [-0.39, 0.29) is 48.3 Å². The molecule has 5 aromatic rings. The zero-order chi connectivity index (χ0) is 45.4. The van der Waals surface area contributed by atoms with Gasteiger partial charge in [0.15, 0.2) is 11.6 Å². The van der Waals surface area contributed by atoms with Gasteiger partial charge in [-0.15, -0.1) is 0 Å². The van der Waals surface area contributed by atoms with E-state index < -0.39 is 47.3 Å². The lowest BCUT2D eigenvalue weighted by molar-refractivity contribution is -0.127. The average Bonchev–Trinajstić information content (AvgIpc) is 3.20. The van der Waals surface area contributed by atoms with Crippen LogP contribution in [0.5, 0.6) is 0 Å². The van der Waals surface area contributed by atoms with Crippen LogP contribution in [0.25, 0.3) is 0 Å². The molecule has 0 saturated carbocycles. The molecule has 20 heteroatoms. The van der Waals surface area contributed by atoms with Crippen molar-refractivity contribution < 1.29 is 28.8 Å². The molecule has 14 nitrogen and oxygen atoms in total. The Balaban J connectivity index is 1.26. The van der Waals surface area contributed by atoms with E-state index in [1.807, 2.05) is 0 Å². The first kappa shape index (κ1) is 47.3. The van der Waals surface area contributed by atoms with Gasteiger partial charge >= 0.3 is 0 Å². The summed E-state index contributed by atoms with van der Waals surface area (Å²) in [6, 6.07) is 17.4. The molecule has 0 aliphatic carbocycles. The number of aryl methyl sites for hydroxylation is 2. The molecule has 0 aliphatic heterocycles. The number of rotatable bonds is 14. The van der Waals surface area contributed by atoms with Crippen LogP contribution in [-0.2, 0) is 19.2 Å². The van der Waals surface area contributed by atoms with Crippen molar-refractivity contribution >= 4 is 139 Å². The van der Waals surface area contributed by atoms with Crippen molar-refractivity contribution in [3.63, 3.8) is 0 Å². The summed E-state index contributed by atoms with van der Waals surface area (Å²) in [7, 11) is 0. The minimum atomic E-state index is -1.61. The average molecular weight is 957 g/mol. The number of nitrogens with one attached hydrogen (secondary N) is 4. The summed E-state index contributed by atoms with van der Waals surface area (Å²) in [6.07, 6.45) is 0. The number of carbonyl (C=O) groups excluding carboxylic acids is 6. The number of Topliss-reactive ketones (excluding diaryl/α,β-unsaturated/α-hetero) is 2. The molecule has 0 aliphatic rings. The zero-order valence-corrected chi connectivity index (χ0v) is 37.3. The molecule has 0 saturated heterocycles. The number of anilines is 4. The normalized spacial score (nSPS) is 12.2. The highest BCUT2D eigenvalue weighted by molar-refractivity contribution is 6.42. The lowest BCUT2D eigenvalue weighted by Gasteiger charge is -2.17. The van der Waals surface area contributed by atoms with Gasteiger partial charge in [0, 0.05) is 33.9 Å². The summed E-state index contributed by atoms with van der Waals surface area (Å²) < 4.78 is 0. The van der Waals surface area contributed by atoms with Gasteiger partial charge in [0.25, 0.3) is 23.6 Å². The highest BCUT2D eigenvalue weighted by Gasteiger charge is 2.27. The van der Waals surface area contributed by atoms with Gasteiger partial charge in [-0.2, -0.15) is 20.5 Å². The molecule has 0 fully saturated rings. The third-order valence-corrected chi connectivity index (χ3v) is 10.8. The third-order valence-electron chi connectivity index (χ3n) is 8.65. The van der Waals surface area contributed by atoms with Gasteiger partial charge in [-0.3, -0.25) is 28.8 Å². The van der Waals surface area contributed by atoms with Crippen LogP contribution in [0.4, 0.5) is 34.1 Å². The number of benzene rings is 5. The Morgan fingerprint density at radius 3 is 1.23 bits per heavy atom. The van der Waals surface area contributed by atoms with Gasteiger partial charge in [-0.25, -0.2) is 0 Å². The molecule has 5 rings (SSSR count). The molecule has 0 bridgehead atoms. The fraction of sp³-hybridized carbons (Fsp3) is 0.143. The zero-order valence-electron chi connectivity index (χ0n) is 32.7. The van der Waals surface area contributed by atoms with Crippen molar-refractivity contribution in [2.75, 3.05) is 21.3 Å². The lowest BCUT2D eigenvalue weighted by Crippen LogP contribution is -2.33. The van der Waals surface area contributed by atoms with Crippen molar-refractivity contribution in [3.05, 3.63) is 137 Å². The SMILES string of the molecule is CC(=O)C(N=Nc1cc(C(=O)Nc2ccc(Cl)c(Cl)c2)ccc1Cl)C(=O)Nc1cc(C)c(NC(=O)C(N=Nc2cc(C(=O)Nc3ccc(Cl)c(Cl)c3)ccc2Cl)C(C)=O)c(C)c1. The van der Waals surface area contributed by atoms with Crippen molar-refractivity contribution in [3.8, 4) is 0 Å². The summed E-state index contributed by atoms with van der Waals surface area (Å²) in [4.78, 5) is 77.8. The van der Waals surface area contributed by atoms with Gasteiger partial charge < -0.3 is 21.3 Å². The largest absolute Gasteiger partial charge is 0.324 e. The maximum Gasteiger partial charge on any atom is 0.258 e. The summed E-state index contributed by atoms with van der Waals surface area (Å²) in [5.41, 5.74) is 2.61. The smallest absolute Gasteiger partial charge is 0.258 e. The molecule has 4 N–H and O–H groups in total. The fourth-order valence-electron chi connectivity index (χ4n) is 5.53. The topological polar surface area (TPSA) is 200 Å². The van der Waals surface area contributed by atoms with E-state index in [1.165, 1.54) is 72.8 Å². The maximum absolute atomic E-state index is 13.4. The van der Waals surface area contributed by atoms with E-state index in [2.05, 4.69) is 41.7 Å². The molecule has 0 aromatic heterocycles. The molecule has 0 heterocycles. The molecule has 2 unspecified atom stereocenters. The Labute approximate surface area is 384 Å².